The van der Waals surface area contributed by atoms with E-state index < -0.39 is 0 Å². The van der Waals surface area contributed by atoms with E-state index in [9.17, 15) is 4.79 Å². The van der Waals surface area contributed by atoms with Gasteiger partial charge in [-0.1, -0.05) is 13.8 Å². The summed E-state index contributed by atoms with van der Waals surface area (Å²) in [7, 11) is 0. The monoisotopic (exact) mass is 214 g/mol. The Kier molecular flexibility index (Phi) is 4.88. The van der Waals surface area contributed by atoms with Crippen molar-refractivity contribution in [3.63, 3.8) is 0 Å². The van der Waals surface area contributed by atoms with Crippen LogP contribution in [0.3, 0.4) is 0 Å². The van der Waals surface area contributed by atoms with E-state index in [2.05, 4.69) is 0 Å². The van der Waals surface area contributed by atoms with Crippen molar-refractivity contribution in [2.45, 2.75) is 39.2 Å². The number of amides is 1. The second-order valence-corrected chi connectivity index (χ2v) is 4.54. The number of ether oxygens (including phenoxy) is 1. The van der Waals surface area contributed by atoms with E-state index in [1.165, 1.54) is 0 Å². The molecule has 0 unspecified atom stereocenters. The van der Waals surface area contributed by atoms with Crippen LogP contribution in [-0.4, -0.2) is 36.7 Å². The Labute approximate surface area is 91.8 Å². The molecule has 0 aromatic heterocycles. The quantitative estimate of drug-likeness (QED) is 0.730. The highest BCUT2D eigenvalue weighted by atomic mass is 16.6. The van der Waals surface area contributed by atoms with Gasteiger partial charge in [0.25, 0.3) is 0 Å². The fourth-order valence-corrected chi connectivity index (χ4v) is 1.39. The Hall–Kier alpha value is -0.770. The van der Waals surface area contributed by atoms with Crippen molar-refractivity contribution in [3.8, 4) is 0 Å². The lowest BCUT2D eigenvalue weighted by Gasteiger charge is -2.22. The Morgan fingerprint density at radius 3 is 2.67 bits per heavy atom. The molecule has 1 aliphatic carbocycles. The summed E-state index contributed by atoms with van der Waals surface area (Å²) in [6.45, 7) is 5.94. The SMILES string of the molecule is CC(C)COC(=O)N(CCCN)C1CC1. The van der Waals surface area contributed by atoms with E-state index >= 15 is 0 Å². The molecule has 1 aliphatic rings. The second kappa shape index (κ2) is 5.95. The topological polar surface area (TPSA) is 55.6 Å². The lowest BCUT2D eigenvalue weighted by atomic mass is 10.2. The van der Waals surface area contributed by atoms with Crippen LogP contribution in [0.5, 0.6) is 0 Å². The lowest BCUT2D eigenvalue weighted by molar-refractivity contribution is 0.0893. The molecule has 15 heavy (non-hydrogen) atoms. The molecule has 1 rings (SSSR count). The summed E-state index contributed by atoms with van der Waals surface area (Å²) < 4.78 is 5.21. The van der Waals surface area contributed by atoms with Crippen LogP contribution in [0.1, 0.15) is 33.1 Å². The minimum absolute atomic E-state index is 0.167. The molecule has 4 nitrogen and oxygen atoms in total. The Morgan fingerprint density at radius 2 is 2.20 bits per heavy atom. The second-order valence-electron chi connectivity index (χ2n) is 4.54. The van der Waals surface area contributed by atoms with Crippen LogP contribution in [-0.2, 0) is 4.74 Å². The third-order valence-electron chi connectivity index (χ3n) is 2.37. The highest BCUT2D eigenvalue weighted by Crippen LogP contribution is 2.27. The van der Waals surface area contributed by atoms with Gasteiger partial charge in [0.1, 0.15) is 0 Å². The van der Waals surface area contributed by atoms with Gasteiger partial charge in [0.2, 0.25) is 0 Å². The van der Waals surface area contributed by atoms with Crippen molar-refractivity contribution in [1.82, 2.24) is 4.90 Å². The van der Waals surface area contributed by atoms with Crippen LogP contribution in [0, 0.1) is 5.92 Å². The third-order valence-corrected chi connectivity index (χ3v) is 2.37. The summed E-state index contributed by atoms with van der Waals surface area (Å²) in [4.78, 5) is 13.5. The standard InChI is InChI=1S/C11H22N2O2/c1-9(2)8-15-11(14)13(7-3-6-12)10-4-5-10/h9-10H,3-8,12H2,1-2H3. The van der Waals surface area contributed by atoms with Crippen molar-refractivity contribution < 1.29 is 9.53 Å². The molecule has 0 spiro atoms. The first-order valence-electron chi connectivity index (χ1n) is 5.78. The zero-order valence-electron chi connectivity index (χ0n) is 9.74. The molecule has 0 bridgehead atoms. The first kappa shape index (κ1) is 12.3. The molecule has 0 aromatic carbocycles. The molecule has 88 valence electrons. The first-order valence-corrected chi connectivity index (χ1v) is 5.78. The summed E-state index contributed by atoms with van der Waals surface area (Å²) >= 11 is 0. The number of carbonyl (C=O) groups is 1. The summed E-state index contributed by atoms with van der Waals surface area (Å²) in [5.74, 6) is 0.393. The third kappa shape index (κ3) is 4.51. The van der Waals surface area contributed by atoms with E-state index in [4.69, 9.17) is 10.5 Å². The Balaban J connectivity index is 2.30. The largest absolute Gasteiger partial charge is 0.449 e. The normalized spacial score (nSPS) is 15.5. The molecule has 1 fully saturated rings. The van der Waals surface area contributed by atoms with Gasteiger partial charge in [-0.15, -0.1) is 0 Å². The van der Waals surface area contributed by atoms with Gasteiger partial charge in [0.15, 0.2) is 0 Å². The zero-order chi connectivity index (χ0) is 11.3. The number of carbonyl (C=O) groups excluding carboxylic acids is 1. The molecule has 0 radical (unpaired) electrons. The molecule has 1 amide bonds. The number of rotatable bonds is 6. The summed E-state index contributed by atoms with van der Waals surface area (Å²) in [5, 5.41) is 0. The van der Waals surface area contributed by atoms with E-state index in [0.29, 0.717) is 25.1 Å². The van der Waals surface area contributed by atoms with Crippen LogP contribution < -0.4 is 5.73 Å². The average molecular weight is 214 g/mol. The van der Waals surface area contributed by atoms with Gasteiger partial charge in [0, 0.05) is 12.6 Å². The van der Waals surface area contributed by atoms with Crippen LogP contribution in [0.15, 0.2) is 0 Å². The van der Waals surface area contributed by atoms with Crippen LogP contribution >= 0.6 is 0 Å². The van der Waals surface area contributed by atoms with Gasteiger partial charge in [-0.25, -0.2) is 4.79 Å². The Morgan fingerprint density at radius 1 is 1.53 bits per heavy atom. The van der Waals surface area contributed by atoms with Crippen LogP contribution in [0.2, 0.25) is 0 Å². The molecule has 0 heterocycles. The van der Waals surface area contributed by atoms with E-state index in [-0.39, 0.29) is 6.09 Å². The molecule has 1 saturated carbocycles. The fraction of sp³-hybridized carbons (Fsp3) is 0.909. The van der Waals surface area contributed by atoms with Crippen molar-refractivity contribution in [1.29, 1.82) is 0 Å². The first-order chi connectivity index (χ1) is 7.15. The van der Waals surface area contributed by atoms with Gasteiger partial charge in [-0.2, -0.15) is 0 Å². The van der Waals surface area contributed by atoms with Crippen LogP contribution in [0.4, 0.5) is 4.79 Å². The van der Waals surface area contributed by atoms with Crippen molar-refractivity contribution in [2.24, 2.45) is 11.7 Å². The number of hydrogen-bond acceptors (Lipinski definition) is 3. The summed E-state index contributed by atoms with van der Waals surface area (Å²) in [5.41, 5.74) is 5.44. The molecule has 0 saturated heterocycles. The molecular weight excluding hydrogens is 192 g/mol. The molecule has 0 aliphatic heterocycles. The maximum atomic E-state index is 11.7. The fourth-order valence-electron chi connectivity index (χ4n) is 1.39. The Bertz CT molecular complexity index is 203. The van der Waals surface area contributed by atoms with Gasteiger partial charge in [-0.3, -0.25) is 0 Å². The van der Waals surface area contributed by atoms with Gasteiger partial charge >= 0.3 is 6.09 Å². The highest BCUT2D eigenvalue weighted by molar-refractivity contribution is 5.68. The van der Waals surface area contributed by atoms with E-state index in [0.717, 1.165) is 25.8 Å². The minimum Gasteiger partial charge on any atom is -0.449 e. The van der Waals surface area contributed by atoms with Gasteiger partial charge in [-0.05, 0) is 31.7 Å². The minimum atomic E-state index is -0.167. The maximum Gasteiger partial charge on any atom is 0.410 e. The molecule has 0 aromatic rings. The molecular formula is C11H22N2O2. The van der Waals surface area contributed by atoms with Crippen molar-refractivity contribution in [3.05, 3.63) is 0 Å². The van der Waals surface area contributed by atoms with Crippen molar-refractivity contribution >= 4 is 6.09 Å². The predicted molar refractivity (Wildman–Crippen MR) is 59.6 cm³/mol. The van der Waals surface area contributed by atoms with Gasteiger partial charge < -0.3 is 15.4 Å². The predicted octanol–water partition coefficient (Wildman–Crippen LogP) is 1.59. The average Bonchev–Trinajstić information content (AvgIpc) is 2.99. The molecule has 4 heteroatoms. The van der Waals surface area contributed by atoms with E-state index in [1.807, 2.05) is 18.7 Å². The number of hydrogen-bond donors (Lipinski definition) is 1. The molecule has 2 N–H and O–H groups in total. The van der Waals surface area contributed by atoms with Gasteiger partial charge in [0.05, 0.1) is 6.61 Å². The maximum absolute atomic E-state index is 11.7. The summed E-state index contributed by atoms with van der Waals surface area (Å²) in [6.07, 6.45) is 2.91. The lowest BCUT2D eigenvalue weighted by Crippen LogP contribution is -2.36. The summed E-state index contributed by atoms with van der Waals surface area (Å²) in [6, 6.07) is 0.413. The highest BCUT2D eigenvalue weighted by Gasteiger charge is 2.32. The number of nitrogens with zero attached hydrogens (tertiary/aromatic N) is 1. The van der Waals surface area contributed by atoms with E-state index in [1.54, 1.807) is 0 Å². The smallest absolute Gasteiger partial charge is 0.410 e. The number of nitrogens with two attached hydrogens (primary N) is 1. The molecule has 0 atom stereocenters. The van der Waals surface area contributed by atoms with Crippen molar-refractivity contribution in [2.75, 3.05) is 19.7 Å². The zero-order valence-corrected chi connectivity index (χ0v) is 9.74. The van der Waals surface area contributed by atoms with Crippen LogP contribution in [0.25, 0.3) is 0 Å².